The van der Waals surface area contributed by atoms with Crippen LogP contribution in [0.5, 0.6) is 0 Å². The Bertz CT molecular complexity index is 1040. The summed E-state index contributed by atoms with van der Waals surface area (Å²) < 4.78 is 0. The molecule has 0 saturated heterocycles. The molecule has 0 aromatic heterocycles. The van der Waals surface area contributed by atoms with Gasteiger partial charge in [-0.3, -0.25) is 0 Å². The number of hydrogen-bond donors (Lipinski definition) is 0. The summed E-state index contributed by atoms with van der Waals surface area (Å²) in [7, 11) is -2.12. The van der Waals surface area contributed by atoms with E-state index in [1.807, 2.05) is 0 Å². The molecular weight excluding hydrogens is 647 g/mol. The van der Waals surface area contributed by atoms with Gasteiger partial charge >= 0.3 is 26.2 Å². The van der Waals surface area contributed by atoms with Crippen molar-refractivity contribution in [3.63, 3.8) is 0 Å². The molecule has 0 spiro atoms. The van der Waals surface area contributed by atoms with Gasteiger partial charge in [0.1, 0.15) is 0 Å². The van der Waals surface area contributed by atoms with Gasteiger partial charge in [0.2, 0.25) is 0 Å². The van der Waals surface area contributed by atoms with Crippen LogP contribution in [-0.2, 0) is 44.7 Å². The molecule has 3 aromatic rings. The van der Waals surface area contributed by atoms with E-state index >= 15 is 0 Å². The van der Waals surface area contributed by atoms with Gasteiger partial charge in [-0.15, -0.1) is 17.1 Å². The number of nitrogens with zero attached hydrogens (tertiary/aromatic N) is 4. The summed E-state index contributed by atoms with van der Waals surface area (Å²) in [5.74, 6) is 0. The van der Waals surface area contributed by atoms with Gasteiger partial charge in [0.25, 0.3) is 0 Å². The third-order valence-corrected chi connectivity index (χ3v) is 11.0. The van der Waals surface area contributed by atoms with Crippen molar-refractivity contribution in [3.05, 3.63) is 110 Å². The van der Waals surface area contributed by atoms with E-state index in [0.29, 0.717) is 0 Å². The maximum atomic E-state index is 5.22. The van der Waals surface area contributed by atoms with Gasteiger partial charge in [-0.05, 0) is 41.4 Å². The second kappa shape index (κ2) is 17.3. The van der Waals surface area contributed by atoms with Crippen LogP contribution in [0.15, 0.2) is 72.8 Å². The van der Waals surface area contributed by atoms with Crippen LogP contribution < -0.4 is 0 Å². The Labute approximate surface area is 275 Å². The Morgan fingerprint density at radius 1 is 0.463 bits per heavy atom. The van der Waals surface area contributed by atoms with Gasteiger partial charge in [-0.2, -0.15) is 14.1 Å². The van der Waals surface area contributed by atoms with Crippen molar-refractivity contribution in [2.45, 2.75) is 77.4 Å². The van der Waals surface area contributed by atoms with E-state index < -0.39 is 32.6 Å². The summed E-state index contributed by atoms with van der Waals surface area (Å²) in [6.45, 7) is 20.9. The van der Waals surface area contributed by atoms with Crippen molar-refractivity contribution in [2.75, 3.05) is 14.1 Å². The quantitative estimate of drug-likeness (QED) is 0.134. The van der Waals surface area contributed by atoms with Crippen LogP contribution in [0.1, 0.15) is 16.7 Å². The van der Waals surface area contributed by atoms with Crippen LogP contribution in [0.4, 0.5) is 17.1 Å². The molecule has 0 aliphatic rings. The average molecular weight is 699 g/mol. The van der Waals surface area contributed by atoms with Gasteiger partial charge in [-0.25, -0.2) is 0 Å². The Morgan fingerprint density at radius 2 is 0.683 bits per heavy atom. The molecule has 0 N–H and O–H groups in total. The minimum Gasteiger partial charge on any atom is -0.687 e. The van der Waals surface area contributed by atoms with Gasteiger partial charge in [0.15, 0.2) is 0 Å². The van der Waals surface area contributed by atoms with E-state index in [9.17, 15) is 0 Å². The predicted molar refractivity (Wildman–Crippen MR) is 193 cm³/mol. The fraction of sp³-hybridized carbons (Fsp3) is 0.438. The molecule has 0 atom stereocenters. The second-order valence-electron chi connectivity index (χ2n) is 13.5. The van der Waals surface area contributed by atoms with Crippen LogP contribution in [0.3, 0.4) is 0 Å². The van der Waals surface area contributed by atoms with Crippen LogP contribution in [-0.4, -0.2) is 38.8 Å². The Kier molecular flexibility index (Phi) is 16.1. The van der Waals surface area contributed by atoms with Gasteiger partial charge in [-0.1, -0.05) is 132 Å². The first-order valence-electron chi connectivity index (χ1n) is 14.3. The molecule has 9 heteroatoms. The maximum absolute atomic E-state index is 5.22. The normalized spacial score (nSPS) is 11.7. The monoisotopic (exact) mass is 697 g/mol. The molecule has 0 aliphatic carbocycles. The van der Waals surface area contributed by atoms with E-state index in [-0.39, 0.29) is 26.2 Å². The zero-order valence-corrected chi connectivity index (χ0v) is 33.8. The fourth-order valence-corrected chi connectivity index (χ4v) is 10.1. The topological polar surface area (TPSA) is 56.4 Å². The molecular formula is C32H52N4PSi3Zr+. The molecule has 41 heavy (non-hydrogen) atoms. The molecule has 0 fully saturated rings. The summed E-state index contributed by atoms with van der Waals surface area (Å²) in [6.07, 6.45) is 3.28. The largest absolute Gasteiger partial charge is 4.00 e. The van der Waals surface area contributed by atoms with Crippen LogP contribution >= 0.6 is 7.92 Å². The van der Waals surface area contributed by atoms with Gasteiger partial charge < -0.3 is 20.3 Å². The second-order valence-corrected chi connectivity index (χ2v) is 29.7. The standard InChI is InChI=1S/C30H45N3PSi3.C2H6N.Zr/c1-35(2,3)31-28-19-13-10-16-25(28)22-34(23-26-17-11-14-20-29(26)32-36(4,5)6)24-27-18-12-15-21-30(27)33-37(7,8)9;1-3-2;/h10-21H,22-24H2,1-9H3;1-2H3;/q-3;-1;+4/p+1. The predicted octanol–water partition coefficient (Wildman–Crippen LogP) is 11.9. The van der Waals surface area contributed by atoms with Crippen molar-refractivity contribution in [1.82, 2.24) is 0 Å². The Morgan fingerprint density at radius 3 is 0.902 bits per heavy atom. The molecule has 0 unspecified atom stereocenters. The van der Waals surface area contributed by atoms with E-state index in [1.54, 1.807) is 14.1 Å². The molecule has 0 bridgehead atoms. The van der Waals surface area contributed by atoms with E-state index in [2.05, 4.69) is 137 Å². The summed E-state index contributed by atoms with van der Waals surface area (Å²) in [4.78, 5) is 15.7. The molecule has 4 nitrogen and oxygen atoms in total. The zero-order valence-electron chi connectivity index (χ0n) is 27.3. The number of hydrogen-bond acceptors (Lipinski definition) is 0. The third-order valence-electron chi connectivity index (χ3n) is 5.66. The van der Waals surface area contributed by atoms with Crippen molar-refractivity contribution in [3.8, 4) is 0 Å². The van der Waals surface area contributed by atoms with Crippen molar-refractivity contribution < 1.29 is 26.2 Å². The molecule has 220 valence electrons. The molecule has 0 radical (unpaired) electrons. The van der Waals surface area contributed by atoms with E-state index in [0.717, 1.165) is 18.5 Å². The van der Waals surface area contributed by atoms with Crippen LogP contribution in [0.25, 0.3) is 20.3 Å². The summed E-state index contributed by atoms with van der Waals surface area (Å²) in [5.41, 5.74) is 7.80. The third kappa shape index (κ3) is 15.3. The molecule has 3 rings (SSSR count). The molecule has 0 amide bonds. The van der Waals surface area contributed by atoms with Gasteiger partial charge in [0, 0.05) is 7.92 Å². The zero-order chi connectivity index (χ0) is 30.0. The SMILES string of the molecule is C[N-]C.C[Si](C)(C)[N-]c1ccccc1C[PH+](Cc1ccccc1[N-][Si](C)(C)C)Cc1ccccc1[N-][Si](C)(C)C.[Zr+4]. The first kappa shape index (κ1) is 38.0. The number of rotatable bonds is 12. The number of benzene rings is 3. The van der Waals surface area contributed by atoms with Crippen LogP contribution in [0, 0.1) is 0 Å². The first-order chi connectivity index (χ1) is 18.6. The van der Waals surface area contributed by atoms with Crippen molar-refractivity contribution >= 4 is 49.7 Å². The molecule has 3 aromatic carbocycles. The minimum atomic E-state index is -1.58. The smallest absolute Gasteiger partial charge is 0.687 e. The Balaban J connectivity index is 0.00000201. The molecule has 0 heterocycles. The summed E-state index contributed by atoms with van der Waals surface area (Å²) in [5, 5.41) is 3.50. The minimum absolute atomic E-state index is 0. The average Bonchev–Trinajstić information content (AvgIpc) is 2.80. The summed E-state index contributed by atoms with van der Waals surface area (Å²) >= 11 is 0. The van der Waals surface area contributed by atoms with Crippen LogP contribution in [0.2, 0.25) is 58.9 Å². The Hall–Kier alpha value is -1.02. The van der Waals surface area contributed by atoms with Gasteiger partial charge in [0.05, 0.1) is 18.5 Å². The van der Waals surface area contributed by atoms with E-state index in [1.165, 1.54) is 33.8 Å². The van der Waals surface area contributed by atoms with Crippen molar-refractivity contribution in [2.24, 2.45) is 0 Å². The molecule has 0 aliphatic heterocycles. The summed E-state index contributed by atoms with van der Waals surface area (Å²) in [6, 6.07) is 26.5. The molecule has 0 saturated carbocycles. The first-order valence-corrected chi connectivity index (χ1v) is 26.8. The maximum Gasteiger partial charge on any atom is 4.00 e. The fourth-order valence-electron chi connectivity index (χ4n) is 4.39. The van der Waals surface area contributed by atoms with E-state index in [4.69, 9.17) is 14.9 Å². The van der Waals surface area contributed by atoms with Crippen molar-refractivity contribution in [1.29, 1.82) is 0 Å².